The first kappa shape index (κ1) is 21.7. The van der Waals surface area contributed by atoms with E-state index >= 15 is 0 Å². The fourth-order valence-electron chi connectivity index (χ4n) is 4.12. The van der Waals surface area contributed by atoms with E-state index in [9.17, 15) is 14.4 Å². The van der Waals surface area contributed by atoms with Crippen molar-refractivity contribution < 1.29 is 23.9 Å². The third-order valence-electron chi connectivity index (χ3n) is 5.81. The summed E-state index contributed by atoms with van der Waals surface area (Å²) < 4.78 is 11.1. The van der Waals surface area contributed by atoms with Crippen molar-refractivity contribution in [3.05, 3.63) is 47.5 Å². The van der Waals surface area contributed by atoms with Gasteiger partial charge in [0, 0.05) is 37.5 Å². The standard InChI is InChI=1S/C24H27N3O5/c1-15-5-4-6-16(2)23(15)25-21(28)14-26(3)24(30)17-11-22(29)27(13-17)18-7-8-19-20(12-18)32-10-9-31-19/h4-8,12,17H,9-11,13-14H2,1-3H3,(H,25,28)/t17-/m0/s1. The highest BCUT2D eigenvalue weighted by Gasteiger charge is 2.37. The van der Waals surface area contributed by atoms with Crippen LogP contribution in [0.2, 0.25) is 0 Å². The molecule has 0 bridgehead atoms. The molecule has 4 rings (SSSR count). The molecule has 1 fully saturated rings. The molecule has 2 aromatic carbocycles. The Morgan fingerprint density at radius 3 is 2.50 bits per heavy atom. The normalized spacial score (nSPS) is 17.3. The molecule has 2 aliphatic heterocycles. The molecule has 0 unspecified atom stereocenters. The number of hydrogen-bond donors (Lipinski definition) is 1. The van der Waals surface area contributed by atoms with Crippen molar-refractivity contribution in [2.45, 2.75) is 20.3 Å². The summed E-state index contributed by atoms with van der Waals surface area (Å²) in [6, 6.07) is 11.1. The van der Waals surface area contributed by atoms with E-state index in [-0.39, 0.29) is 37.2 Å². The van der Waals surface area contributed by atoms with Crippen molar-refractivity contribution in [1.82, 2.24) is 4.90 Å². The minimum absolute atomic E-state index is 0.0820. The van der Waals surface area contributed by atoms with E-state index in [4.69, 9.17) is 9.47 Å². The Kier molecular flexibility index (Phi) is 6.03. The molecule has 0 radical (unpaired) electrons. The first-order chi connectivity index (χ1) is 15.3. The van der Waals surface area contributed by atoms with E-state index in [0.717, 1.165) is 16.8 Å². The Balaban J connectivity index is 1.38. The number of para-hydroxylation sites is 1. The molecular formula is C24H27N3O5. The van der Waals surface area contributed by atoms with Gasteiger partial charge in [-0.15, -0.1) is 0 Å². The summed E-state index contributed by atoms with van der Waals surface area (Å²) in [5, 5.41) is 2.89. The number of carbonyl (C=O) groups is 3. The van der Waals surface area contributed by atoms with Gasteiger partial charge in [0.25, 0.3) is 0 Å². The highest BCUT2D eigenvalue weighted by molar-refractivity contribution is 6.01. The molecule has 2 aromatic rings. The Morgan fingerprint density at radius 2 is 1.78 bits per heavy atom. The molecule has 2 heterocycles. The Morgan fingerprint density at radius 1 is 1.09 bits per heavy atom. The third-order valence-corrected chi connectivity index (χ3v) is 5.81. The topological polar surface area (TPSA) is 88.2 Å². The molecule has 2 aliphatic rings. The quantitative estimate of drug-likeness (QED) is 0.777. The third kappa shape index (κ3) is 4.39. The predicted molar refractivity (Wildman–Crippen MR) is 120 cm³/mol. The number of hydrogen-bond acceptors (Lipinski definition) is 5. The van der Waals surface area contributed by atoms with Gasteiger partial charge in [0.1, 0.15) is 13.2 Å². The monoisotopic (exact) mass is 437 g/mol. The molecule has 1 saturated heterocycles. The first-order valence-electron chi connectivity index (χ1n) is 10.6. The average molecular weight is 437 g/mol. The van der Waals surface area contributed by atoms with Crippen molar-refractivity contribution in [2.75, 3.05) is 43.6 Å². The fourth-order valence-corrected chi connectivity index (χ4v) is 4.12. The SMILES string of the molecule is Cc1cccc(C)c1NC(=O)CN(C)C(=O)[C@H]1CC(=O)N(c2ccc3c(c2)OCCO3)C1. The number of benzene rings is 2. The first-order valence-corrected chi connectivity index (χ1v) is 10.6. The van der Waals surface area contributed by atoms with Crippen molar-refractivity contribution in [3.63, 3.8) is 0 Å². The molecule has 8 heteroatoms. The van der Waals surface area contributed by atoms with Gasteiger partial charge in [0.15, 0.2) is 11.5 Å². The molecule has 0 saturated carbocycles. The van der Waals surface area contributed by atoms with Crippen LogP contribution in [0.4, 0.5) is 11.4 Å². The number of carbonyl (C=O) groups excluding carboxylic acids is 3. The Hall–Kier alpha value is -3.55. The van der Waals surface area contributed by atoms with E-state index in [1.54, 1.807) is 30.1 Å². The summed E-state index contributed by atoms with van der Waals surface area (Å²) in [5.74, 6) is 0.106. The van der Waals surface area contributed by atoms with Crippen LogP contribution in [0.1, 0.15) is 17.5 Å². The summed E-state index contributed by atoms with van der Waals surface area (Å²) in [4.78, 5) is 41.1. The van der Waals surface area contributed by atoms with E-state index in [1.807, 2.05) is 32.0 Å². The molecule has 32 heavy (non-hydrogen) atoms. The lowest BCUT2D eigenvalue weighted by atomic mass is 10.1. The second-order valence-electron chi connectivity index (χ2n) is 8.24. The average Bonchev–Trinajstić information content (AvgIpc) is 3.17. The molecule has 1 N–H and O–H groups in total. The zero-order valence-corrected chi connectivity index (χ0v) is 18.5. The number of rotatable bonds is 5. The number of likely N-dealkylation sites (N-methyl/N-ethyl adjacent to an activating group) is 1. The van der Waals surface area contributed by atoms with Gasteiger partial charge in [-0.2, -0.15) is 0 Å². The van der Waals surface area contributed by atoms with Crippen LogP contribution in [0.25, 0.3) is 0 Å². The largest absolute Gasteiger partial charge is 0.486 e. The minimum atomic E-state index is -0.506. The van der Waals surface area contributed by atoms with Crippen LogP contribution < -0.4 is 19.7 Å². The molecule has 0 aromatic heterocycles. The molecular weight excluding hydrogens is 410 g/mol. The van der Waals surface area contributed by atoms with Gasteiger partial charge in [-0.1, -0.05) is 18.2 Å². The Labute approximate surface area is 187 Å². The van der Waals surface area contributed by atoms with Gasteiger partial charge in [-0.25, -0.2) is 0 Å². The van der Waals surface area contributed by atoms with Crippen molar-refractivity contribution >= 4 is 29.1 Å². The van der Waals surface area contributed by atoms with Gasteiger partial charge in [0.2, 0.25) is 17.7 Å². The number of nitrogens with one attached hydrogen (secondary N) is 1. The number of nitrogens with zero attached hydrogens (tertiary/aromatic N) is 2. The number of amides is 3. The lowest BCUT2D eigenvalue weighted by molar-refractivity contribution is -0.137. The van der Waals surface area contributed by atoms with Gasteiger partial charge < -0.3 is 24.6 Å². The van der Waals surface area contributed by atoms with E-state index in [1.165, 1.54) is 4.90 Å². The maximum atomic E-state index is 12.9. The van der Waals surface area contributed by atoms with E-state index in [2.05, 4.69) is 5.32 Å². The molecule has 3 amide bonds. The number of aryl methyl sites for hydroxylation is 2. The summed E-state index contributed by atoms with van der Waals surface area (Å²) in [5.41, 5.74) is 3.36. The highest BCUT2D eigenvalue weighted by Crippen LogP contribution is 2.36. The lowest BCUT2D eigenvalue weighted by Gasteiger charge is -2.23. The fraction of sp³-hybridized carbons (Fsp3) is 0.375. The maximum Gasteiger partial charge on any atom is 0.243 e. The zero-order chi connectivity index (χ0) is 22.8. The van der Waals surface area contributed by atoms with Crippen LogP contribution in [0.3, 0.4) is 0 Å². The lowest BCUT2D eigenvalue weighted by Crippen LogP contribution is -2.39. The van der Waals surface area contributed by atoms with Crippen LogP contribution in [0.15, 0.2) is 36.4 Å². The minimum Gasteiger partial charge on any atom is -0.486 e. The second-order valence-corrected chi connectivity index (χ2v) is 8.24. The van der Waals surface area contributed by atoms with Crippen LogP contribution >= 0.6 is 0 Å². The van der Waals surface area contributed by atoms with E-state index < -0.39 is 5.92 Å². The summed E-state index contributed by atoms with van der Waals surface area (Å²) in [6.07, 6.45) is 0.107. The van der Waals surface area contributed by atoms with Crippen LogP contribution in [0.5, 0.6) is 11.5 Å². The van der Waals surface area contributed by atoms with E-state index in [0.29, 0.717) is 30.4 Å². The van der Waals surface area contributed by atoms with Gasteiger partial charge >= 0.3 is 0 Å². The molecule has 0 spiro atoms. The molecule has 1 atom stereocenters. The molecule has 168 valence electrons. The molecule has 8 nitrogen and oxygen atoms in total. The second kappa shape index (κ2) is 8.90. The number of fused-ring (bicyclic) bond motifs is 1. The predicted octanol–water partition coefficient (Wildman–Crippen LogP) is 2.52. The van der Waals surface area contributed by atoms with Gasteiger partial charge in [-0.3, -0.25) is 14.4 Å². The zero-order valence-electron chi connectivity index (χ0n) is 18.5. The summed E-state index contributed by atoms with van der Waals surface area (Å²) in [7, 11) is 1.59. The van der Waals surface area contributed by atoms with Gasteiger partial charge in [-0.05, 0) is 37.1 Å². The molecule has 0 aliphatic carbocycles. The van der Waals surface area contributed by atoms with Crippen molar-refractivity contribution in [3.8, 4) is 11.5 Å². The van der Waals surface area contributed by atoms with Crippen LogP contribution in [0, 0.1) is 19.8 Å². The van der Waals surface area contributed by atoms with Crippen LogP contribution in [-0.4, -0.2) is 56.0 Å². The van der Waals surface area contributed by atoms with Crippen LogP contribution in [-0.2, 0) is 14.4 Å². The smallest absolute Gasteiger partial charge is 0.243 e. The maximum absolute atomic E-state index is 12.9. The summed E-state index contributed by atoms with van der Waals surface area (Å²) >= 11 is 0. The van der Waals surface area contributed by atoms with Crippen molar-refractivity contribution in [1.29, 1.82) is 0 Å². The Bertz CT molecular complexity index is 1050. The number of ether oxygens (including phenoxy) is 2. The van der Waals surface area contributed by atoms with Gasteiger partial charge in [0.05, 0.1) is 12.5 Å². The van der Waals surface area contributed by atoms with Crippen molar-refractivity contribution in [2.24, 2.45) is 5.92 Å². The summed E-state index contributed by atoms with van der Waals surface area (Å²) in [6.45, 7) is 4.99. The number of anilines is 2. The highest BCUT2D eigenvalue weighted by atomic mass is 16.6.